The molecule has 1 aromatic carbocycles. The molecule has 2 N–H and O–H groups in total. The molecule has 0 radical (unpaired) electrons. The summed E-state index contributed by atoms with van der Waals surface area (Å²) in [6.45, 7) is 3.68. The largest absolute Gasteiger partial charge is 0.391 e. The highest BCUT2D eigenvalue weighted by atomic mass is 19.1. The number of hydrogen-bond acceptors (Lipinski definition) is 4. The van der Waals surface area contributed by atoms with Crippen molar-refractivity contribution in [3.05, 3.63) is 39.7 Å². The van der Waals surface area contributed by atoms with Gasteiger partial charge in [-0.15, -0.1) is 0 Å². The van der Waals surface area contributed by atoms with Crippen LogP contribution in [0.15, 0.2) is 18.2 Å². The number of nitrogens with one attached hydrogen (secondary N) is 1. The lowest BCUT2D eigenvalue weighted by Gasteiger charge is -2.17. The molecular formula is C13H17FN2O4. The summed E-state index contributed by atoms with van der Waals surface area (Å²) < 4.78 is 13.1. The van der Waals surface area contributed by atoms with Crippen molar-refractivity contribution >= 4 is 11.6 Å². The van der Waals surface area contributed by atoms with Crippen LogP contribution in [-0.2, 0) is 0 Å². The molecule has 0 aliphatic rings. The summed E-state index contributed by atoms with van der Waals surface area (Å²) >= 11 is 0. The number of carbonyl (C=O) groups is 1. The van der Waals surface area contributed by atoms with Gasteiger partial charge in [-0.2, -0.15) is 0 Å². The first-order chi connectivity index (χ1) is 9.36. The molecule has 0 fully saturated rings. The molecule has 2 atom stereocenters. The van der Waals surface area contributed by atoms with E-state index >= 15 is 0 Å². The predicted octanol–water partition coefficient (Wildman–Crippen LogP) is 1.87. The second-order valence-electron chi connectivity index (χ2n) is 4.58. The van der Waals surface area contributed by atoms with Crippen molar-refractivity contribution in [3.63, 3.8) is 0 Å². The molecule has 0 saturated carbocycles. The molecule has 6 nitrogen and oxygen atoms in total. The number of hydrogen-bond donors (Lipinski definition) is 2. The van der Waals surface area contributed by atoms with E-state index in [1.807, 2.05) is 13.8 Å². The molecule has 0 heterocycles. The van der Waals surface area contributed by atoms with Crippen molar-refractivity contribution in [2.24, 2.45) is 5.92 Å². The van der Waals surface area contributed by atoms with Crippen LogP contribution in [0.5, 0.6) is 0 Å². The fourth-order valence-corrected chi connectivity index (χ4v) is 1.62. The molecule has 1 aromatic rings. The minimum absolute atomic E-state index is 0.0159. The summed E-state index contributed by atoms with van der Waals surface area (Å²) in [5, 5.41) is 22.9. The fraction of sp³-hybridized carbons (Fsp3) is 0.462. The zero-order chi connectivity index (χ0) is 15.3. The maximum absolute atomic E-state index is 13.1. The van der Waals surface area contributed by atoms with Gasteiger partial charge in [-0.25, -0.2) is 4.39 Å². The van der Waals surface area contributed by atoms with Crippen molar-refractivity contribution in [2.75, 3.05) is 6.54 Å². The Morgan fingerprint density at radius 2 is 2.20 bits per heavy atom. The van der Waals surface area contributed by atoms with Crippen LogP contribution in [0, 0.1) is 21.8 Å². The number of nitro benzene ring substituents is 1. The third-order valence-electron chi connectivity index (χ3n) is 3.17. The van der Waals surface area contributed by atoms with Gasteiger partial charge in [-0.1, -0.05) is 20.3 Å². The van der Waals surface area contributed by atoms with E-state index in [2.05, 4.69) is 5.32 Å². The summed E-state index contributed by atoms with van der Waals surface area (Å²) in [5.41, 5.74) is -0.826. The van der Waals surface area contributed by atoms with Crippen LogP contribution < -0.4 is 5.32 Å². The van der Waals surface area contributed by atoms with Crippen LogP contribution in [-0.4, -0.2) is 28.6 Å². The number of nitro groups is 1. The molecular weight excluding hydrogens is 267 g/mol. The summed E-state index contributed by atoms with van der Waals surface area (Å²) in [7, 11) is 0. The SMILES string of the molecule is CCC(C)C(O)CNC(=O)c1cc(F)ccc1[N+](=O)[O-]. The quantitative estimate of drug-likeness (QED) is 0.616. The molecule has 0 aliphatic heterocycles. The highest BCUT2D eigenvalue weighted by molar-refractivity contribution is 5.98. The Morgan fingerprint density at radius 3 is 2.75 bits per heavy atom. The number of carbonyl (C=O) groups excluding carboxylic acids is 1. The van der Waals surface area contributed by atoms with Crippen LogP contribution in [0.2, 0.25) is 0 Å². The van der Waals surface area contributed by atoms with E-state index in [0.717, 1.165) is 24.6 Å². The van der Waals surface area contributed by atoms with Gasteiger partial charge < -0.3 is 10.4 Å². The Hall–Kier alpha value is -2.02. The lowest BCUT2D eigenvalue weighted by molar-refractivity contribution is -0.385. The number of amides is 1. The predicted molar refractivity (Wildman–Crippen MR) is 70.8 cm³/mol. The molecule has 1 rings (SSSR count). The first-order valence-electron chi connectivity index (χ1n) is 6.27. The zero-order valence-electron chi connectivity index (χ0n) is 11.3. The number of benzene rings is 1. The molecule has 0 bridgehead atoms. The molecule has 110 valence electrons. The van der Waals surface area contributed by atoms with Gasteiger partial charge in [0, 0.05) is 12.6 Å². The summed E-state index contributed by atoms with van der Waals surface area (Å²) in [5.74, 6) is -1.53. The zero-order valence-corrected chi connectivity index (χ0v) is 11.3. The summed E-state index contributed by atoms with van der Waals surface area (Å²) in [6.07, 6.45) is -0.0199. The van der Waals surface area contributed by atoms with E-state index in [1.165, 1.54) is 0 Å². The molecule has 2 unspecified atom stereocenters. The van der Waals surface area contributed by atoms with E-state index in [1.54, 1.807) is 0 Å². The number of rotatable bonds is 6. The van der Waals surface area contributed by atoms with Crippen molar-refractivity contribution < 1.29 is 19.2 Å². The fourth-order valence-electron chi connectivity index (χ4n) is 1.62. The van der Waals surface area contributed by atoms with Crippen molar-refractivity contribution in [3.8, 4) is 0 Å². The second-order valence-corrected chi connectivity index (χ2v) is 4.58. The Bertz CT molecular complexity index is 507. The van der Waals surface area contributed by atoms with E-state index in [-0.39, 0.29) is 18.0 Å². The van der Waals surface area contributed by atoms with E-state index < -0.39 is 28.4 Å². The molecule has 0 spiro atoms. The Morgan fingerprint density at radius 1 is 1.55 bits per heavy atom. The van der Waals surface area contributed by atoms with Crippen LogP contribution in [0.1, 0.15) is 30.6 Å². The lowest BCUT2D eigenvalue weighted by Crippen LogP contribution is -2.35. The Balaban J connectivity index is 2.82. The molecule has 20 heavy (non-hydrogen) atoms. The van der Waals surface area contributed by atoms with Gasteiger partial charge in [0.05, 0.1) is 11.0 Å². The van der Waals surface area contributed by atoms with Crippen molar-refractivity contribution in [2.45, 2.75) is 26.4 Å². The van der Waals surface area contributed by atoms with Crippen LogP contribution in [0.4, 0.5) is 10.1 Å². The smallest absolute Gasteiger partial charge is 0.282 e. The molecule has 0 saturated heterocycles. The number of halogens is 1. The highest BCUT2D eigenvalue weighted by Gasteiger charge is 2.22. The van der Waals surface area contributed by atoms with E-state index in [9.17, 15) is 24.4 Å². The molecule has 1 amide bonds. The maximum atomic E-state index is 13.1. The van der Waals surface area contributed by atoms with Gasteiger partial charge in [0.1, 0.15) is 11.4 Å². The number of nitrogens with zero attached hydrogens (tertiary/aromatic N) is 1. The topological polar surface area (TPSA) is 92.5 Å². The number of aliphatic hydroxyl groups excluding tert-OH is 1. The lowest BCUT2D eigenvalue weighted by atomic mass is 10.0. The number of aliphatic hydroxyl groups is 1. The highest BCUT2D eigenvalue weighted by Crippen LogP contribution is 2.19. The Kier molecular flexibility index (Phi) is 5.57. The standard InChI is InChI=1S/C13H17FN2O4/c1-3-8(2)12(17)7-15-13(18)10-6-9(14)4-5-11(10)16(19)20/h4-6,8,12,17H,3,7H2,1-2H3,(H,15,18). The third kappa shape index (κ3) is 3.99. The normalized spacial score (nSPS) is 13.6. The van der Waals surface area contributed by atoms with Crippen molar-refractivity contribution in [1.29, 1.82) is 0 Å². The van der Waals surface area contributed by atoms with Crippen LogP contribution in [0.3, 0.4) is 0 Å². The van der Waals surface area contributed by atoms with Gasteiger partial charge >= 0.3 is 0 Å². The van der Waals surface area contributed by atoms with Gasteiger partial charge in [0.15, 0.2) is 0 Å². The van der Waals surface area contributed by atoms with Gasteiger partial charge in [-0.3, -0.25) is 14.9 Å². The first kappa shape index (κ1) is 16.0. The van der Waals surface area contributed by atoms with Gasteiger partial charge in [0.2, 0.25) is 0 Å². The molecule has 0 aliphatic carbocycles. The van der Waals surface area contributed by atoms with E-state index in [4.69, 9.17) is 0 Å². The second kappa shape index (κ2) is 6.95. The van der Waals surface area contributed by atoms with Gasteiger partial charge in [-0.05, 0) is 18.1 Å². The average Bonchev–Trinajstić information content (AvgIpc) is 2.42. The third-order valence-corrected chi connectivity index (χ3v) is 3.17. The van der Waals surface area contributed by atoms with Gasteiger partial charge in [0.25, 0.3) is 11.6 Å². The minimum Gasteiger partial charge on any atom is -0.391 e. The maximum Gasteiger partial charge on any atom is 0.282 e. The summed E-state index contributed by atoms with van der Waals surface area (Å²) in [4.78, 5) is 21.9. The van der Waals surface area contributed by atoms with Crippen LogP contribution in [0.25, 0.3) is 0 Å². The monoisotopic (exact) mass is 284 g/mol. The minimum atomic E-state index is -0.779. The first-order valence-corrected chi connectivity index (χ1v) is 6.27. The summed E-state index contributed by atoms with van der Waals surface area (Å²) in [6, 6.07) is 2.67. The van der Waals surface area contributed by atoms with Crippen molar-refractivity contribution in [1.82, 2.24) is 5.32 Å². The van der Waals surface area contributed by atoms with E-state index in [0.29, 0.717) is 0 Å². The van der Waals surface area contributed by atoms with Crippen LogP contribution >= 0.6 is 0 Å². The molecule has 0 aromatic heterocycles. The average molecular weight is 284 g/mol. The molecule has 7 heteroatoms. The Labute approximate surface area is 115 Å².